The zero-order chi connectivity index (χ0) is 17.5. The van der Waals surface area contributed by atoms with Gasteiger partial charge in [0.25, 0.3) is 0 Å². The molecule has 0 radical (unpaired) electrons. The molecular weight excluding hydrogens is 299 g/mol. The fourth-order valence-electron chi connectivity index (χ4n) is 1.59. The van der Waals surface area contributed by atoms with Gasteiger partial charge in [-0.2, -0.15) is 0 Å². The second-order valence-electron chi connectivity index (χ2n) is 4.67. The quantitative estimate of drug-likeness (QED) is 0.328. The van der Waals surface area contributed by atoms with Crippen LogP contribution in [0.3, 0.4) is 0 Å². The first-order chi connectivity index (χ1) is 11.0. The molecule has 0 unspecified atom stereocenters. The third-order valence-electron chi connectivity index (χ3n) is 2.66. The standard InChI is InChI=1S/C16H25FN4O2/c1-13(22)10-15(6-4-7-18)11-20-8-5-9-21-16(23-12-17)14(2)19-3/h4,7,9,11,20H,3,5-6,8,10,12,18H2,1-2H3/b7-4-,15-11+,16-14+,21-9-. The van der Waals surface area contributed by atoms with Gasteiger partial charge in [-0.25, -0.2) is 9.38 Å². The molecule has 3 N–H and O–H groups in total. The average Bonchev–Trinajstić information content (AvgIpc) is 2.53. The minimum atomic E-state index is -0.969. The van der Waals surface area contributed by atoms with Crippen LogP contribution in [0, 0.1) is 0 Å². The van der Waals surface area contributed by atoms with Crippen LogP contribution in [-0.4, -0.2) is 32.1 Å². The lowest BCUT2D eigenvalue weighted by Gasteiger charge is -2.05. The lowest BCUT2D eigenvalue weighted by Crippen LogP contribution is -2.09. The van der Waals surface area contributed by atoms with E-state index in [1.165, 1.54) is 6.20 Å². The Labute approximate surface area is 136 Å². The van der Waals surface area contributed by atoms with Crippen molar-refractivity contribution in [3.8, 4) is 0 Å². The monoisotopic (exact) mass is 324 g/mol. The van der Waals surface area contributed by atoms with E-state index in [9.17, 15) is 9.18 Å². The molecule has 0 aliphatic carbocycles. The molecular formula is C16H25FN4O2. The molecule has 0 aromatic carbocycles. The van der Waals surface area contributed by atoms with Crippen molar-refractivity contribution in [3.05, 3.63) is 35.6 Å². The van der Waals surface area contributed by atoms with Crippen molar-refractivity contribution in [2.24, 2.45) is 15.7 Å². The number of halogens is 1. The number of alkyl halides is 1. The Hall–Kier alpha value is -2.44. The molecule has 0 rings (SSSR count). The Kier molecular flexibility index (Phi) is 11.8. The van der Waals surface area contributed by atoms with E-state index in [0.717, 1.165) is 5.57 Å². The van der Waals surface area contributed by atoms with E-state index in [-0.39, 0.29) is 11.7 Å². The fourth-order valence-corrected chi connectivity index (χ4v) is 1.59. The fraction of sp³-hybridized carbons (Fsp3) is 0.438. The van der Waals surface area contributed by atoms with Crippen LogP contribution < -0.4 is 11.1 Å². The van der Waals surface area contributed by atoms with E-state index in [1.807, 2.05) is 0 Å². The first-order valence-electron chi connectivity index (χ1n) is 7.21. The predicted octanol–water partition coefficient (Wildman–Crippen LogP) is 2.60. The molecule has 0 spiro atoms. The molecule has 0 amide bonds. The number of hydrogen-bond acceptors (Lipinski definition) is 6. The molecule has 0 aliphatic heterocycles. The summed E-state index contributed by atoms with van der Waals surface area (Å²) >= 11 is 0. The number of allylic oxidation sites excluding steroid dienone is 3. The molecule has 0 saturated heterocycles. The highest BCUT2D eigenvalue weighted by atomic mass is 19.1. The van der Waals surface area contributed by atoms with E-state index in [1.54, 1.807) is 32.3 Å². The molecule has 0 aromatic heterocycles. The number of aliphatic imine (C=N–C) groups is 2. The number of carbonyl (C=O) groups is 1. The highest BCUT2D eigenvalue weighted by molar-refractivity contribution is 5.78. The van der Waals surface area contributed by atoms with E-state index < -0.39 is 6.86 Å². The summed E-state index contributed by atoms with van der Waals surface area (Å²) in [7, 11) is 0. The van der Waals surface area contributed by atoms with Crippen molar-refractivity contribution in [2.75, 3.05) is 13.4 Å². The van der Waals surface area contributed by atoms with Crippen molar-refractivity contribution < 1.29 is 13.9 Å². The van der Waals surface area contributed by atoms with Crippen LogP contribution in [0.2, 0.25) is 0 Å². The lowest BCUT2D eigenvalue weighted by molar-refractivity contribution is -0.116. The van der Waals surface area contributed by atoms with Crippen molar-refractivity contribution in [1.29, 1.82) is 0 Å². The topological polar surface area (TPSA) is 89.1 Å². The first kappa shape index (κ1) is 20.6. The maximum atomic E-state index is 12.2. The number of ether oxygens (including phenoxy) is 1. The molecule has 23 heavy (non-hydrogen) atoms. The molecule has 0 atom stereocenters. The number of ketones is 1. The Bertz CT molecular complexity index is 496. The number of nitrogens with zero attached hydrogens (tertiary/aromatic N) is 2. The normalized spacial score (nSPS) is 13.3. The van der Waals surface area contributed by atoms with Crippen molar-refractivity contribution >= 4 is 18.7 Å². The number of Topliss-reactive ketones (excluding diaryl/α,β-unsaturated/α-hetero) is 1. The first-order valence-corrected chi connectivity index (χ1v) is 7.21. The Morgan fingerprint density at radius 2 is 2.17 bits per heavy atom. The third-order valence-corrected chi connectivity index (χ3v) is 2.66. The van der Waals surface area contributed by atoms with Gasteiger partial charge in [-0.1, -0.05) is 6.08 Å². The number of carbonyl (C=O) groups excluding carboxylic acids is 1. The van der Waals surface area contributed by atoms with Crippen LogP contribution >= 0.6 is 0 Å². The van der Waals surface area contributed by atoms with Crippen molar-refractivity contribution in [2.45, 2.75) is 33.1 Å². The van der Waals surface area contributed by atoms with Crippen LogP contribution in [0.15, 0.2) is 45.6 Å². The largest absolute Gasteiger partial charge is 0.444 e. The maximum absolute atomic E-state index is 12.2. The van der Waals surface area contributed by atoms with Gasteiger partial charge in [0, 0.05) is 25.6 Å². The van der Waals surface area contributed by atoms with Gasteiger partial charge in [-0.3, -0.25) is 9.79 Å². The molecule has 0 fully saturated rings. The van der Waals surface area contributed by atoms with Gasteiger partial charge >= 0.3 is 0 Å². The van der Waals surface area contributed by atoms with Gasteiger partial charge in [0.2, 0.25) is 12.7 Å². The molecule has 6 nitrogen and oxygen atoms in total. The molecule has 0 heterocycles. The average molecular weight is 324 g/mol. The summed E-state index contributed by atoms with van der Waals surface area (Å²) in [6.07, 6.45) is 8.25. The maximum Gasteiger partial charge on any atom is 0.237 e. The SMILES string of the molecule is C=N/C(C)=C(\N=C/CCN/C=C(\C/C=C\N)CC(C)=O)OCF. The van der Waals surface area contributed by atoms with Crippen molar-refractivity contribution in [3.63, 3.8) is 0 Å². The van der Waals surface area contributed by atoms with Crippen LogP contribution in [0.4, 0.5) is 4.39 Å². The summed E-state index contributed by atoms with van der Waals surface area (Å²) in [6, 6.07) is 0. The van der Waals surface area contributed by atoms with E-state index >= 15 is 0 Å². The zero-order valence-corrected chi connectivity index (χ0v) is 13.7. The van der Waals surface area contributed by atoms with Crippen molar-refractivity contribution in [1.82, 2.24) is 5.32 Å². The van der Waals surface area contributed by atoms with E-state index in [0.29, 0.717) is 31.5 Å². The summed E-state index contributed by atoms with van der Waals surface area (Å²) in [5.74, 6) is 0.207. The van der Waals surface area contributed by atoms with Gasteiger partial charge in [0.1, 0.15) is 5.78 Å². The summed E-state index contributed by atoms with van der Waals surface area (Å²) in [6.45, 7) is 6.16. The summed E-state index contributed by atoms with van der Waals surface area (Å²) < 4.78 is 16.9. The highest BCUT2D eigenvalue weighted by Crippen LogP contribution is 2.08. The minimum absolute atomic E-state index is 0.0931. The summed E-state index contributed by atoms with van der Waals surface area (Å²) in [5.41, 5.74) is 6.67. The van der Waals surface area contributed by atoms with Crippen LogP contribution in [-0.2, 0) is 9.53 Å². The van der Waals surface area contributed by atoms with E-state index in [2.05, 4.69) is 22.0 Å². The third kappa shape index (κ3) is 10.9. The summed E-state index contributed by atoms with van der Waals surface area (Å²) in [5, 5.41) is 3.10. The number of hydrogen-bond donors (Lipinski definition) is 2. The Morgan fingerprint density at radius 3 is 2.74 bits per heavy atom. The van der Waals surface area contributed by atoms with Gasteiger partial charge < -0.3 is 15.8 Å². The Balaban J connectivity index is 4.40. The lowest BCUT2D eigenvalue weighted by atomic mass is 10.1. The molecule has 0 aliphatic rings. The number of nitrogens with two attached hydrogens (primary N) is 1. The van der Waals surface area contributed by atoms with Crippen LogP contribution in [0.1, 0.15) is 33.1 Å². The van der Waals surface area contributed by atoms with Gasteiger partial charge in [-0.15, -0.1) is 0 Å². The second-order valence-corrected chi connectivity index (χ2v) is 4.67. The zero-order valence-electron chi connectivity index (χ0n) is 13.7. The second kappa shape index (κ2) is 13.2. The molecule has 128 valence electrons. The molecule has 0 aromatic rings. The van der Waals surface area contributed by atoms with Gasteiger partial charge in [0.15, 0.2) is 0 Å². The molecule has 7 heteroatoms. The van der Waals surface area contributed by atoms with Crippen LogP contribution in [0.25, 0.3) is 0 Å². The molecule has 0 bridgehead atoms. The van der Waals surface area contributed by atoms with Gasteiger partial charge in [0.05, 0.1) is 5.70 Å². The predicted molar refractivity (Wildman–Crippen MR) is 91.7 cm³/mol. The number of nitrogens with one attached hydrogen (secondary N) is 1. The summed E-state index contributed by atoms with van der Waals surface area (Å²) in [4.78, 5) is 18.8. The van der Waals surface area contributed by atoms with E-state index in [4.69, 9.17) is 10.5 Å². The minimum Gasteiger partial charge on any atom is -0.444 e. The molecule has 0 saturated carbocycles. The Morgan fingerprint density at radius 1 is 1.43 bits per heavy atom. The number of rotatable bonds is 12. The van der Waals surface area contributed by atoms with Gasteiger partial charge in [-0.05, 0) is 45.0 Å². The highest BCUT2D eigenvalue weighted by Gasteiger charge is 2.00. The smallest absolute Gasteiger partial charge is 0.237 e. The van der Waals surface area contributed by atoms with Crippen LogP contribution in [0.5, 0.6) is 0 Å².